The lowest BCUT2D eigenvalue weighted by Gasteiger charge is -2.38. The van der Waals surface area contributed by atoms with E-state index in [-0.39, 0.29) is 21.8 Å². The van der Waals surface area contributed by atoms with E-state index < -0.39 is 10.1 Å². The van der Waals surface area contributed by atoms with Crippen LogP contribution in [0.2, 0.25) is 0 Å². The predicted octanol–water partition coefficient (Wildman–Crippen LogP) is 3.92. The van der Waals surface area contributed by atoms with Crippen LogP contribution in [0.1, 0.15) is 45.6 Å². The Kier molecular flexibility index (Phi) is 3.27. The van der Waals surface area contributed by atoms with E-state index in [1.54, 1.807) is 12.1 Å². The van der Waals surface area contributed by atoms with Gasteiger partial charge in [0.1, 0.15) is 0 Å². The molecule has 2 aliphatic carbocycles. The molecule has 21 heavy (non-hydrogen) atoms. The molecule has 2 saturated carbocycles. The number of fused-ring (bicyclic) bond motifs is 2. The normalized spacial score (nSPS) is 34.3. The van der Waals surface area contributed by atoms with Gasteiger partial charge in [-0.1, -0.05) is 38.5 Å². The maximum Gasteiger partial charge on any atom is 0.297 e. The van der Waals surface area contributed by atoms with Crippen LogP contribution in [-0.2, 0) is 14.3 Å². The van der Waals surface area contributed by atoms with Gasteiger partial charge in [0.25, 0.3) is 10.1 Å². The maximum absolute atomic E-state index is 12.5. The van der Waals surface area contributed by atoms with Gasteiger partial charge >= 0.3 is 0 Å². The van der Waals surface area contributed by atoms with E-state index in [4.69, 9.17) is 4.18 Å². The summed E-state index contributed by atoms with van der Waals surface area (Å²) in [5, 5.41) is 0. The van der Waals surface area contributed by atoms with Crippen molar-refractivity contribution in [3.63, 3.8) is 0 Å². The summed E-state index contributed by atoms with van der Waals surface area (Å²) in [4.78, 5) is 0.261. The van der Waals surface area contributed by atoms with Crippen molar-refractivity contribution in [1.82, 2.24) is 0 Å². The minimum absolute atomic E-state index is 0.0462. The first-order valence-corrected chi connectivity index (χ1v) is 9.08. The van der Waals surface area contributed by atoms with E-state index in [0.717, 1.165) is 18.4 Å². The molecule has 0 heterocycles. The first-order valence-electron chi connectivity index (χ1n) is 7.67. The molecule has 1 aromatic rings. The van der Waals surface area contributed by atoms with Crippen LogP contribution in [-0.4, -0.2) is 14.5 Å². The Labute approximate surface area is 127 Å². The summed E-state index contributed by atoms with van der Waals surface area (Å²) in [7, 11) is -3.67. The lowest BCUT2D eigenvalue weighted by Crippen LogP contribution is -2.38. The van der Waals surface area contributed by atoms with Gasteiger partial charge in [-0.05, 0) is 49.7 Å². The van der Waals surface area contributed by atoms with Gasteiger partial charge in [-0.15, -0.1) is 0 Å². The van der Waals surface area contributed by atoms with Gasteiger partial charge in [-0.3, -0.25) is 4.18 Å². The maximum atomic E-state index is 12.5. The van der Waals surface area contributed by atoms with E-state index >= 15 is 0 Å². The zero-order valence-electron chi connectivity index (χ0n) is 13.2. The van der Waals surface area contributed by atoms with Gasteiger partial charge in [0.2, 0.25) is 0 Å². The fraction of sp³-hybridized carbons (Fsp3) is 0.647. The van der Waals surface area contributed by atoms with Gasteiger partial charge in [0.15, 0.2) is 0 Å². The summed E-state index contributed by atoms with van der Waals surface area (Å²) >= 11 is 0. The Bertz CT molecular complexity index is 645. The molecule has 2 fully saturated rings. The molecule has 4 heteroatoms. The Morgan fingerprint density at radius 1 is 1.14 bits per heavy atom. The van der Waals surface area contributed by atoms with E-state index in [2.05, 4.69) is 20.8 Å². The van der Waals surface area contributed by atoms with Crippen LogP contribution in [0.5, 0.6) is 0 Å². The molecule has 0 radical (unpaired) electrons. The SMILES string of the molecule is Cc1ccc(S(=O)(=O)O[C@H]2CC3CC[C@]2(C)C3(C)C)cc1. The van der Waals surface area contributed by atoms with Gasteiger partial charge in [-0.25, -0.2) is 0 Å². The minimum Gasteiger partial charge on any atom is -0.262 e. The van der Waals surface area contributed by atoms with Crippen molar-refractivity contribution in [2.24, 2.45) is 16.7 Å². The summed E-state index contributed by atoms with van der Waals surface area (Å²) in [6.07, 6.45) is 2.90. The van der Waals surface area contributed by atoms with Crippen molar-refractivity contribution in [3.05, 3.63) is 29.8 Å². The molecule has 2 bridgehead atoms. The largest absolute Gasteiger partial charge is 0.297 e. The predicted molar refractivity (Wildman–Crippen MR) is 82.5 cm³/mol. The first kappa shape index (κ1) is 15.0. The molecule has 0 spiro atoms. The van der Waals surface area contributed by atoms with Crippen LogP contribution < -0.4 is 0 Å². The molecule has 116 valence electrons. The molecule has 0 saturated heterocycles. The average Bonchev–Trinajstić information content (AvgIpc) is 2.72. The molecule has 1 unspecified atom stereocenters. The van der Waals surface area contributed by atoms with Crippen molar-refractivity contribution >= 4 is 10.1 Å². The highest BCUT2D eigenvalue weighted by Crippen LogP contribution is 2.66. The molecule has 0 aliphatic heterocycles. The Morgan fingerprint density at radius 2 is 1.76 bits per heavy atom. The highest BCUT2D eigenvalue weighted by Gasteiger charge is 2.62. The molecule has 0 aromatic heterocycles. The smallest absolute Gasteiger partial charge is 0.262 e. The topological polar surface area (TPSA) is 43.4 Å². The summed E-state index contributed by atoms with van der Waals surface area (Å²) in [5.41, 5.74) is 1.15. The number of aryl methyl sites for hydroxylation is 1. The fourth-order valence-electron chi connectivity index (χ4n) is 4.19. The third kappa shape index (κ3) is 2.15. The van der Waals surface area contributed by atoms with Crippen molar-refractivity contribution < 1.29 is 12.6 Å². The first-order chi connectivity index (χ1) is 9.67. The van der Waals surface area contributed by atoms with E-state index in [0.29, 0.717) is 5.92 Å². The number of rotatable bonds is 3. The highest BCUT2D eigenvalue weighted by atomic mass is 32.2. The van der Waals surface area contributed by atoms with Crippen molar-refractivity contribution in [1.29, 1.82) is 0 Å². The second-order valence-corrected chi connectivity index (χ2v) is 9.03. The van der Waals surface area contributed by atoms with E-state index in [1.807, 2.05) is 19.1 Å². The van der Waals surface area contributed by atoms with Crippen LogP contribution in [0.15, 0.2) is 29.2 Å². The summed E-state index contributed by atoms with van der Waals surface area (Å²) in [6, 6.07) is 6.88. The minimum atomic E-state index is -3.67. The number of hydrogen-bond donors (Lipinski definition) is 0. The zero-order chi connectivity index (χ0) is 15.5. The average molecular weight is 308 g/mol. The van der Waals surface area contributed by atoms with Crippen molar-refractivity contribution in [2.45, 2.75) is 58.0 Å². The third-order valence-electron chi connectivity index (χ3n) is 6.27. The zero-order valence-corrected chi connectivity index (χ0v) is 14.0. The lowest BCUT2D eigenvalue weighted by molar-refractivity contribution is 0.0345. The monoisotopic (exact) mass is 308 g/mol. The number of hydrogen-bond acceptors (Lipinski definition) is 3. The van der Waals surface area contributed by atoms with Crippen LogP contribution in [0.3, 0.4) is 0 Å². The fourth-order valence-corrected chi connectivity index (χ4v) is 5.37. The third-order valence-corrected chi connectivity index (χ3v) is 7.60. The second kappa shape index (κ2) is 4.56. The van der Waals surface area contributed by atoms with Gasteiger partial charge in [0, 0.05) is 5.41 Å². The molecular weight excluding hydrogens is 284 g/mol. The van der Waals surface area contributed by atoms with Gasteiger partial charge in [0.05, 0.1) is 11.0 Å². The van der Waals surface area contributed by atoms with Crippen LogP contribution in [0, 0.1) is 23.7 Å². The summed E-state index contributed by atoms with van der Waals surface area (Å²) in [6.45, 7) is 8.64. The molecule has 0 N–H and O–H groups in total. The molecule has 0 amide bonds. The Morgan fingerprint density at radius 3 is 2.24 bits per heavy atom. The van der Waals surface area contributed by atoms with Crippen molar-refractivity contribution in [2.75, 3.05) is 0 Å². The molecule has 3 atom stereocenters. The molecule has 2 aliphatic rings. The van der Waals surface area contributed by atoms with Crippen LogP contribution >= 0.6 is 0 Å². The van der Waals surface area contributed by atoms with Gasteiger partial charge in [-0.2, -0.15) is 8.42 Å². The molecule has 3 rings (SSSR count). The lowest BCUT2D eigenvalue weighted by atomic mass is 9.70. The number of benzene rings is 1. The van der Waals surface area contributed by atoms with Crippen LogP contribution in [0.4, 0.5) is 0 Å². The van der Waals surface area contributed by atoms with E-state index in [9.17, 15) is 8.42 Å². The van der Waals surface area contributed by atoms with E-state index in [1.165, 1.54) is 6.42 Å². The molecule has 3 nitrogen and oxygen atoms in total. The summed E-state index contributed by atoms with van der Waals surface area (Å²) in [5.74, 6) is 0.570. The molecular formula is C17H24O3S. The molecule has 1 aromatic carbocycles. The quantitative estimate of drug-likeness (QED) is 0.795. The van der Waals surface area contributed by atoms with Crippen molar-refractivity contribution in [3.8, 4) is 0 Å². The van der Waals surface area contributed by atoms with Gasteiger partial charge < -0.3 is 0 Å². The van der Waals surface area contributed by atoms with Crippen LogP contribution in [0.25, 0.3) is 0 Å². The Hall–Kier alpha value is -0.870. The standard InChI is InChI=1S/C17H24O3S/c1-12-5-7-14(8-6-12)21(18,19)20-15-11-13-9-10-17(15,4)16(13,2)3/h5-8,13,15H,9-11H2,1-4H3/t13?,15-,17-/m0/s1. The summed E-state index contributed by atoms with van der Waals surface area (Å²) < 4.78 is 30.7. The second-order valence-electron chi connectivity index (χ2n) is 7.46. The Balaban J connectivity index is 1.86. The highest BCUT2D eigenvalue weighted by molar-refractivity contribution is 7.86.